The molecule has 94 valence electrons. The van der Waals surface area contributed by atoms with Crippen LogP contribution >= 0.6 is 0 Å². The van der Waals surface area contributed by atoms with Crippen LogP contribution in [0.4, 0.5) is 13.2 Å². The number of nitrogens with zero attached hydrogens (tertiary/aromatic N) is 1. The SMILES string of the molecule is O=C(NC1CCCN(CCO)C1)C(F)(F)F. The minimum absolute atomic E-state index is 0.0278. The number of aliphatic hydroxyl groups excluding tert-OH is 1. The van der Waals surface area contributed by atoms with Gasteiger partial charge in [0.15, 0.2) is 0 Å². The average Bonchev–Trinajstić information content (AvgIpc) is 2.17. The molecule has 7 heteroatoms. The van der Waals surface area contributed by atoms with Crippen molar-refractivity contribution in [3.05, 3.63) is 0 Å². The summed E-state index contributed by atoms with van der Waals surface area (Å²) >= 11 is 0. The molecule has 1 amide bonds. The molecule has 0 saturated carbocycles. The van der Waals surface area contributed by atoms with Crippen LogP contribution in [0.1, 0.15) is 12.8 Å². The number of amides is 1. The van der Waals surface area contributed by atoms with Gasteiger partial charge in [0.2, 0.25) is 0 Å². The summed E-state index contributed by atoms with van der Waals surface area (Å²) in [5, 5.41) is 10.7. The summed E-state index contributed by atoms with van der Waals surface area (Å²) in [6.07, 6.45) is -3.55. The Morgan fingerprint density at radius 3 is 2.75 bits per heavy atom. The molecular formula is C9H15F3N2O2. The molecule has 0 bridgehead atoms. The van der Waals surface area contributed by atoms with Crippen LogP contribution in [0.2, 0.25) is 0 Å². The summed E-state index contributed by atoms with van der Waals surface area (Å²) < 4.78 is 36.0. The molecule has 1 rings (SSSR count). The Bertz CT molecular complexity index is 243. The van der Waals surface area contributed by atoms with Crippen molar-refractivity contribution < 1.29 is 23.1 Å². The monoisotopic (exact) mass is 240 g/mol. The average molecular weight is 240 g/mol. The van der Waals surface area contributed by atoms with Gasteiger partial charge in [0.05, 0.1) is 6.61 Å². The number of carbonyl (C=O) groups excluding carboxylic acids is 1. The molecular weight excluding hydrogens is 225 g/mol. The number of carbonyl (C=O) groups is 1. The molecule has 1 aliphatic rings. The maximum absolute atomic E-state index is 12.0. The van der Waals surface area contributed by atoms with Crippen molar-refractivity contribution in [2.45, 2.75) is 25.1 Å². The third-order valence-electron chi connectivity index (χ3n) is 2.51. The number of likely N-dealkylation sites (tertiary alicyclic amines) is 1. The lowest BCUT2D eigenvalue weighted by Gasteiger charge is -2.32. The summed E-state index contributed by atoms with van der Waals surface area (Å²) in [5.41, 5.74) is 0. The van der Waals surface area contributed by atoms with Crippen LogP contribution in [0, 0.1) is 0 Å². The zero-order valence-corrected chi connectivity index (χ0v) is 8.76. The molecule has 16 heavy (non-hydrogen) atoms. The van der Waals surface area contributed by atoms with Crippen molar-refractivity contribution in [1.29, 1.82) is 0 Å². The molecule has 0 aromatic heterocycles. The molecule has 0 aliphatic carbocycles. The summed E-state index contributed by atoms with van der Waals surface area (Å²) in [6.45, 7) is 1.51. The molecule has 0 spiro atoms. The number of alkyl halides is 3. The second-order valence-corrected chi connectivity index (χ2v) is 3.83. The van der Waals surface area contributed by atoms with Gasteiger partial charge in [-0.1, -0.05) is 0 Å². The highest BCUT2D eigenvalue weighted by molar-refractivity contribution is 5.81. The van der Waals surface area contributed by atoms with Crippen LogP contribution in [0.15, 0.2) is 0 Å². The van der Waals surface area contributed by atoms with E-state index in [1.807, 2.05) is 10.2 Å². The largest absolute Gasteiger partial charge is 0.471 e. The Morgan fingerprint density at radius 2 is 2.19 bits per heavy atom. The summed E-state index contributed by atoms with van der Waals surface area (Å²) in [4.78, 5) is 12.5. The normalized spacial score (nSPS) is 23.1. The summed E-state index contributed by atoms with van der Waals surface area (Å²) in [6, 6.07) is -0.477. The first-order valence-corrected chi connectivity index (χ1v) is 5.14. The van der Waals surface area contributed by atoms with Crippen molar-refractivity contribution in [3.63, 3.8) is 0 Å². The van der Waals surface area contributed by atoms with Gasteiger partial charge in [-0.2, -0.15) is 13.2 Å². The van der Waals surface area contributed by atoms with E-state index in [4.69, 9.17) is 5.11 Å². The molecule has 1 heterocycles. The number of nitrogens with one attached hydrogen (secondary N) is 1. The molecule has 1 unspecified atom stereocenters. The van der Waals surface area contributed by atoms with Gasteiger partial charge in [-0.25, -0.2) is 0 Å². The molecule has 1 aliphatic heterocycles. The van der Waals surface area contributed by atoms with E-state index in [1.165, 1.54) is 0 Å². The van der Waals surface area contributed by atoms with Gasteiger partial charge >= 0.3 is 12.1 Å². The number of rotatable bonds is 3. The van der Waals surface area contributed by atoms with Crippen LogP contribution in [0.5, 0.6) is 0 Å². The van der Waals surface area contributed by atoms with E-state index in [2.05, 4.69) is 0 Å². The van der Waals surface area contributed by atoms with E-state index in [0.717, 1.165) is 13.0 Å². The van der Waals surface area contributed by atoms with Crippen LogP contribution in [-0.2, 0) is 4.79 Å². The molecule has 0 aromatic rings. The number of halogens is 3. The molecule has 1 atom stereocenters. The third kappa shape index (κ3) is 3.97. The van der Waals surface area contributed by atoms with Gasteiger partial charge in [-0.05, 0) is 19.4 Å². The number of hydrogen-bond donors (Lipinski definition) is 2. The quantitative estimate of drug-likeness (QED) is 0.737. The van der Waals surface area contributed by atoms with E-state index in [0.29, 0.717) is 19.5 Å². The van der Waals surface area contributed by atoms with Gasteiger partial charge in [-0.15, -0.1) is 0 Å². The number of β-amino-alcohol motifs (C(OH)–C–C–N with tert-alkyl or cyclic N) is 1. The molecule has 1 saturated heterocycles. The lowest BCUT2D eigenvalue weighted by atomic mass is 10.1. The molecule has 2 N–H and O–H groups in total. The fourth-order valence-electron chi connectivity index (χ4n) is 1.79. The summed E-state index contributed by atoms with van der Waals surface area (Å²) in [5.74, 6) is -1.89. The second-order valence-electron chi connectivity index (χ2n) is 3.83. The molecule has 1 fully saturated rings. The van der Waals surface area contributed by atoms with E-state index in [-0.39, 0.29) is 6.61 Å². The Labute approximate surface area is 91.4 Å². The second kappa shape index (κ2) is 5.49. The fourth-order valence-corrected chi connectivity index (χ4v) is 1.79. The number of hydrogen-bond acceptors (Lipinski definition) is 3. The van der Waals surface area contributed by atoms with Crippen LogP contribution in [0.3, 0.4) is 0 Å². The fraction of sp³-hybridized carbons (Fsp3) is 0.889. The van der Waals surface area contributed by atoms with Gasteiger partial charge < -0.3 is 10.4 Å². The van der Waals surface area contributed by atoms with Crippen molar-refractivity contribution >= 4 is 5.91 Å². The topological polar surface area (TPSA) is 52.6 Å². The first kappa shape index (κ1) is 13.2. The predicted molar refractivity (Wildman–Crippen MR) is 50.7 cm³/mol. The highest BCUT2D eigenvalue weighted by Crippen LogP contribution is 2.16. The smallest absolute Gasteiger partial charge is 0.395 e. The zero-order valence-electron chi connectivity index (χ0n) is 8.76. The molecule has 0 aromatic carbocycles. The van der Waals surface area contributed by atoms with E-state index in [1.54, 1.807) is 0 Å². The number of aliphatic hydroxyl groups is 1. The van der Waals surface area contributed by atoms with Gasteiger partial charge in [0.1, 0.15) is 0 Å². The standard InChI is InChI=1S/C9H15F3N2O2/c10-9(11,12)8(16)13-7-2-1-3-14(6-7)4-5-15/h7,15H,1-6H2,(H,13,16). The Kier molecular flexibility index (Phi) is 4.55. The highest BCUT2D eigenvalue weighted by Gasteiger charge is 2.40. The van der Waals surface area contributed by atoms with Gasteiger partial charge in [0.25, 0.3) is 0 Å². The number of piperidine rings is 1. The maximum Gasteiger partial charge on any atom is 0.471 e. The van der Waals surface area contributed by atoms with Crippen molar-refractivity contribution in [2.75, 3.05) is 26.2 Å². The van der Waals surface area contributed by atoms with Crippen LogP contribution < -0.4 is 5.32 Å². The first-order chi connectivity index (χ1) is 7.43. The van der Waals surface area contributed by atoms with Gasteiger partial charge in [0, 0.05) is 19.1 Å². The van der Waals surface area contributed by atoms with E-state index in [9.17, 15) is 18.0 Å². The lowest BCUT2D eigenvalue weighted by molar-refractivity contribution is -0.174. The Morgan fingerprint density at radius 1 is 1.50 bits per heavy atom. The predicted octanol–water partition coefficient (Wildman–Crippen LogP) is 0.122. The van der Waals surface area contributed by atoms with E-state index < -0.39 is 18.1 Å². The van der Waals surface area contributed by atoms with Crippen LogP contribution in [-0.4, -0.2) is 54.4 Å². The zero-order chi connectivity index (χ0) is 12.2. The Hall–Kier alpha value is -0.820. The maximum atomic E-state index is 12.0. The van der Waals surface area contributed by atoms with Crippen molar-refractivity contribution in [3.8, 4) is 0 Å². The first-order valence-electron chi connectivity index (χ1n) is 5.14. The Balaban J connectivity index is 2.40. The van der Waals surface area contributed by atoms with E-state index >= 15 is 0 Å². The van der Waals surface area contributed by atoms with Crippen LogP contribution in [0.25, 0.3) is 0 Å². The molecule has 0 radical (unpaired) electrons. The molecule has 4 nitrogen and oxygen atoms in total. The van der Waals surface area contributed by atoms with Crippen molar-refractivity contribution in [2.24, 2.45) is 0 Å². The minimum atomic E-state index is -4.82. The third-order valence-corrected chi connectivity index (χ3v) is 2.51. The highest BCUT2D eigenvalue weighted by atomic mass is 19.4. The van der Waals surface area contributed by atoms with Crippen molar-refractivity contribution in [1.82, 2.24) is 10.2 Å². The van der Waals surface area contributed by atoms with Gasteiger partial charge in [-0.3, -0.25) is 9.69 Å². The summed E-state index contributed by atoms with van der Waals surface area (Å²) in [7, 11) is 0. The lowest BCUT2D eigenvalue weighted by Crippen LogP contribution is -2.51. The minimum Gasteiger partial charge on any atom is -0.395 e.